The molecule has 0 aliphatic heterocycles. The van der Waals surface area contributed by atoms with Crippen molar-refractivity contribution in [2.24, 2.45) is 5.73 Å². The number of carbonyl (C=O) groups is 1. The molecular weight excluding hydrogens is 321 g/mol. The van der Waals surface area contributed by atoms with Crippen LogP contribution in [0.1, 0.15) is 24.1 Å². The number of benzene rings is 1. The largest absolute Gasteiger partial charge is 0.462 e. The SMILES string of the molecule is CCOC(=O)C(F)(F)[C@H](N)c1cc(C(F)(F)F)ccc1Cl. The third-order valence-corrected chi connectivity index (χ3v) is 2.94. The first-order chi connectivity index (χ1) is 9.51. The van der Waals surface area contributed by atoms with Gasteiger partial charge in [0, 0.05) is 5.02 Å². The van der Waals surface area contributed by atoms with Gasteiger partial charge in [-0.3, -0.25) is 0 Å². The number of hydrogen-bond acceptors (Lipinski definition) is 3. The second-order valence-electron chi connectivity index (χ2n) is 4.06. The van der Waals surface area contributed by atoms with Gasteiger partial charge in [-0.1, -0.05) is 11.6 Å². The summed E-state index contributed by atoms with van der Waals surface area (Å²) in [7, 11) is 0. The van der Waals surface area contributed by atoms with Crippen LogP contribution in [0, 0.1) is 0 Å². The molecule has 21 heavy (non-hydrogen) atoms. The normalized spacial score (nSPS) is 13.9. The number of ether oxygens (including phenoxy) is 1. The van der Waals surface area contributed by atoms with Gasteiger partial charge in [-0.2, -0.15) is 22.0 Å². The molecule has 0 aliphatic carbocycles. The number of rotatable bonds is 4. The van der Waals surface area contributed by atoms with E-state index >= 15 is 0 Å². The van der Waals surface area contributed by atoms with Gasteiger partial charge in [-0.05, 0) is 30.7 Å². The van der Waals surface area contributed by atoms with Crippen molar-refractivity contribution in [2.75, 3.05) is 6.61 Å². The maximum atomic E-state index is 13.8. The number of alkyl halides is 5. The molecule has 0 amide bonds. The van der Waals surface area contributed by atoms with Crippen molar-refractivity contribution in [2.45, 2.75) is 25.1 Å². The molecule has 3 nitrogen and oxygen atoms in total. The lowest BCUT2D eigenvalue weighted by molar-refractivity contribution is -0.174. The van der Waals surface area contributed by atoms with Gasteiger partial charge in [0.25, 0.3) is 0 Å². The summed E-state index contributed by atoms with van der Waals surface area (Å²) in [6, 6.07) is -0.548. The molecule has 0 aliphatic rings. The monoisotopic (exact) mass is 331 g/mol. The van der Waals surface area contributed by atoms with E-state index in [1.807, 2.05) is 0 Å². The molecular formula is C12H11ClF5NO2. The minimum atomic E-state index is -4.75. The molecule has 2 N–H and O–H groups in total. The van der Waals surface area contributed by atoms with Crippen LogP contribution in [0.3, 0.4) is 0 Å². The molecule has 0 saturated heterocycles. The lowest BCUT2D eigenvalue weighted by Gasteiger charge is -2.23. The minimum Gasteiger partial charge on any atom is -0.462 e. The molecule has 0 saturated carbocycles. The van der Waals surface area contributed by atoms with E-state index in [-0.39, 0.29) is 6.61 Å². The van der Waals surface area contributed by atoms with Crippen LogP contribution in [0.15, 0.2) is 18.2 Å². The van der Waals surface area contributed by atoms with Gasteiger partial charge in [-0.15, -0.1) is 0 Å². The first-order valence-corrected chi connectivity index (χ1v) is 6.06. The predicted octanol–water partition coefficient (Wildman–Crippen LogP) is 3.56. The van der Waals surface area contributed by atoms with Gasteiger partial charge >= 0.3 is 18.1 Å². The van der Waals surface area contributed by atoms with Crippen molar-refractivity contribution in [3.63, 3.8) is 0 Å². The van der Waals surface area contributed by atoms with Crippen molar-refractivity contribution >= 4 is 17.6 Å². The van der Waals surface area contributed by atoms with Crippen LogP contribution in [-0.2, 0) is 15.7 Å². The predicted molar refractivity (Wildman–Crippen MR) is 65.0 cm³/mol. The molecule has 118 valence electrons. The van der Waals surface area contributed by atoms with Gasteiger partial charge in [0.1, 0.15) is 6.04 Å². The van der Waals surface area contributed by atoms with E-state index in [1.165, 1.54) is 6.92 Å². The molecule has 1 aromatic rings. The fourth-order valence-electron chi connectivity index (χ4n) is 1.51. The fraction of sp³-hybridized carbons (Fsp3) is 0.417. The molecule has 0 fully saturated rings. The van der Waals surface area contributed by atoms with Crippen molar-refractivity contribution in [3.8, 4) is 0 Å². The van der Waals surface area contributed by atoms with Crippen LogP contribution < -0.4 is 5.73 Å². The van der Waals surface area contributed by atoms with Crippen molar-refractivity contribution < 1.29 is 31.5 Å². The van der Waals surface area contributed by atoms with Gasteiger partial charge in [0.15, 0.2) is 0 Å². The zero-order chi connectivity index (χ0) is 16.4. The topological polar surface area (TPSA) is 52.3 Å². The molecule has 1 aromatic carbocycles. The Morgan fingerprint density at radius 1 is 1.33 bits per heavy atom. The van der Waals surface area contributed by atoms with Crippen LogP contribution >= 0.6 is 11.6 Å². The lowest BCUT2D eigenvalue weighted by Crippen LogP contribution is -2.42. The highest BCUT2D eigenvalue weighted by Crippen LogP contribution is 2.38. The summed E-state index contributed by atoms with van der Waals surface area (Å²) in [4.78, 5) is 11.2. The summed E-state index contributed by atoms with van der Waals surface area (Å²) >= 11 is 5.60. The summed E-state index contributed by atoms with van der Waals surface area (Å²) in [5.74, 6) is -6.13. The number of esters is 1. The van der Waals surface area contributed by atoms with Gasteiger partial charge in [-0.25, -0.2) is 4.79 Å². The summed E-state index contributed by atoms with van der Waals surface area (Å²) in [5.41, 5.74) is 3.33. The quantitative estimate of drug-likeness (QED) is 0.678. The summed E-state index contributed by atoms with van der Waals surface area (Å²) in [6.07, 6.45) is -4.75. The average molecular weight is 332 g/mol. The Labute approximate surface area is 121 Å². The first kappa shape index (κ1) is 17.6. The van der Waals surface area contributed by atoms with Gasteiger partial charge < -0.3 is 10.5 Å². The standard InChI is InChI=1S/C12H11ClF5NO2/c1-2-21-10(20)11(14,15)9(19)7-5-6(12(16,17)18)3-4-8(7)13/h3-5,9H,2,19H2,1H3/t9-/m1/s1. The highest BCUT2D eigenvalue weighted by atomic mass is 35.5. The molecule has 0 unspecified atom stereocenters. The van der Waals surface area contributed by atoms with Crippen LogP contribution in [0.25, 0.3) is 0 Å². The third-order valence-electron chi connectivity index (χ3n) is 2.60. The zero-order valence-electron chi connectivity index (χ0n) is 10.7. The van der Waals surface area contributed by atoms with Crippen molar-refractivity contribution in [3.05, 3.63) is 34.3 Å². The van der Waals surface area contributed by atoms with E-state index in [0.717, 1.165) is 6.07 Å². The molecule has 0 heterocycles. The van der Waals surface area contributed by atoms with Crippen LogP contribution in [0.4, 0.5) is 22.0 Å². The van der Waals surface area contributed by atoms with Gasteiger partial charge in [0.05, 0.1) is 12.2 Å². The molecule has 0 bridgehead atoms. The maximum absolute atomic E-state index is 13.8. The Balaban J connectivity index is 3.23. The van der Waals surface area contributed by atoms with E-state index in [4.69, 9.17) is 17.3 Å². The number of carbonyl (C=O) groups excluding carboxylic acids is 1. The fourth-order valence-corrected chi connectivity index (χ4v) is 1.74. The maximum Gasteiger partial charge on any atom is 0.416 e. The van der Waals surface area contributed by atoms with E-state index in [0.29, 0.717) is 12.1 Å². The Morgan fingerprint density at radius 2 is 1.90 bits per heavy atom. The third kappa shape index (κ3) is 3.82. The molecule has 0 spiro atoms. The van der Waals surface area contributed by atoms with E-state index in [1.54, 1.807) is 0 Å². The second kappa shape index (κ2) is 6.15. The van der Waals surface area contributed by atoms with Crippen LogP contribution in [-0.4, -0.2) is 18.5 Å². The number of halogens is 6. The van der Waals surface area contributed by atoms with E-state index < -0.39 is 40.3 Å². The Morgan fingerprint density at radius 3 is 2.38 bits per heavy atom. The molecule has 0 radical (unpaired) electrons. The summed E-state index contributed by atoms with van der Waals surface area (Å²) in [6.45, 7) is 0.980. The minimum absolute atomic E-state index is 0.322. The smallest absolute Gasteiger partial charge is 0.416 e. The number of hydrogen-bond donors (Lipinski definition) is 1. The highest BCUT2D eigenvalue weighted by molar-refractivity contribution is 6.31. The molecule has 0 aromatic heterocycles. The Bertz CT molecular complexity index is 533. The second-order valence-corrected chi connectivity index (χ2v) is 4.46. The first-order valence-electron chi connectivity index (χ1n) is 5.69. The zero-order valence-corrected chi connectivity index (χ0v) is 11.4. The Hall–Kier alpha value is -1.41. The summed E-state index contributed by atoms with van der Waals surface area (Å²) in [5, 5.41) is -0.403. The highest BCUT2D eigenvalue weighted by Gasteiger charge is 2.48. The van der Waals surface area contributed by atoms with Crippen molar-refractivity contribution in [1.29, 1.82) is 0 Å². The lowest BCUT2D eigenvalue weighted by atomic mass is 9.99. The number of nitrogens with two attached hydrogens (primary N) is 1. The molecule has 1 atom stereocenters. The molecule has 1 rings (SSSR count). The van der Waals surface area contributed by atoms with Crippen LogP contribution in [0.5, 0.6) is 0 Å². The van der Waals surface area contributed by atoms with Crippen molar-refractivity contribution in [1.82, 2.24) is 0 Å². The van der Waals surface area contributed by atoms with E-state index in [9.17, 15) is 26.7 Å². The van der Waals surface area contributed by atoms with Crippen LogP contribution in [0.2, 0.25) is 5.02 Å². The van der Waals surface area contributed by atoms with E-state index in [2.05, 4.69) is 4.74 Å². The average Bonchev–Trinajstić information content (AvgIpc) is 2.37. The van der Waals surface area contributed by atoms with Gasteiger partial charge in [0.2, 0.25) is 0 Å². The summed E-state index contributed by atoms with van der Waals surface area (Å²) < 4.78 is 69.4. The molecule has 9 heteroatoms. The Kier molecular flexibility index (Phi) is 5.16.